The van der Waals surface area contributed by atoms with Crippen LogP contribution in [0.3, 0.4) is 0 Å². The van der Waals surface area contributed by atoms with Crippen LogP contribution < -0.4 is 0 Å². The molecular formula is C14H12N2O4. The molecule has 1 spiro atoms. The maximum atomic E-state index is 12.6. The van der Waals surface area contributed by atoms with Crippen molar-refractivity contribution >= 4 is 17.8 Å². The average molecular weight is 272 g/mol. The number of carbonyl (C=O) groups excluding carboxylic acids is 3. The summed E-state index contributed by atoms with van der Waals surface area (Å²) in [6, 6.07) is 6.64. The van der Waals surface area contributed by atoms with Gasteiger partial charge in [-0.2, -0.15) is 0 Å². The summed E-state index contributed by atoms with van der Waals surface area (Å²) >= 11 is 0. The third-order valence-corrected chi connectivity index (χ3v) is 3.38. The van der Waals surface area contributed by atoms with E-state index in [4.69, 9.17) is 4.74 Å². The van der Waals surface area contributed by atoms with Gasteiger partial charge in [-0.25, -0.2) is 14.8 Å². The highest BCUT2D eigenvalue weighted by molar-refractivity contribution is 6.14. The molecule has 0 N–H and O–H groups in total. The van der Waals surface area contributed by atoms with Gasteiger partial charge in [-0.1, -0.05) is 18.2 Å². The summed E-state index contributed by atoms with van der Waals surface area (Å²) in [7, 11) is 3.16. The number of ether oxygens (including phenoxy) is 1. The molecule has 1 unspecified atom stereocenters. The number of rotatable bonds is 1. The minimum Gasteiger partial charge on any atom is -0.436 e. The number of fused-ring (bicyclic) bond motifs is 2. The number of esters is 1. The first kappa shape index (κ1) is 12.6. The SMILES string of the molecule is CN(C)N1C(=O)c2ccccc2C2(C=CC(=O)O2)C1=O. The van der Waals surface area contributed by atoms with Crippen molar-refractivity contribution in [2.75, 3.05) is 14.1 Å². The predicted molar refractivity (Wildman–Crippen MR) is 68.2 cm³/mol. The largest absolute Gasteiger partial charge is 0.436 e. The molecule has 0 fully saturated rings. The van der Waals surface area contributed by atoms with Crippen LogP contribution in [0, 0.1) is 0 Å². The number of hydrogen-bond donors (Lipinski definition) is 0. The van der Waals surface area contributed by atoms with E-state index in [0.29, 0.717) is 11.1 Å². The van der Waals surface area contributed by atoms with E-state index in [9.17, 15) is 14.4 Å². The van der Waals surface area contributed by atoms with Crippen molar-refractivity contribution in [2.45, 2.75) is 5.60 Å². The van der Waals surface area contributed by atoms with Crippen molar-refractivity contribution < 1.29 is 19.1 Å². The third-order valence-electron chi connectivity index (χ3n) is 3.38. The summed E-state index contributed by atoms with van der Waals surface area (Å²) < 4.78 is 5.24. The smallest absolute Gasteiger partial charge is 0.332 e. The molecule has 2 amide bonds. The van der Waals surface area contributed by atoms with E-state index >= 15 is 0 Å². The van der Waals surface area contributed by atoms with Gasteiger partial charge in [0.05, 0.1) is 0 Å². The molecule has 1 atom stereocenters. The van der Waals surface area contributed by atoms with Crippen LogP contribution in [0.5, 0.6) is 0 Å². The maximum absolute atomic E-state index is 12.6. The van der Waals surface area contributed by atoms with Crippen LogP contribution in [0.1, 0.15) is 15.9 Å². The van der Waals surface area contributed by atoms with E-state index in [2.05, 4.69) is 0 Å². The zero-order valence-electron chi connectivity index (χ0n) is 11.0. The highest BCUT2D eigenvalue weighted by Crippen LogP contribution is 2.40. The van der Waals surface area contributed by atoms with Gasteiger partial charge in [-0.15, -0.1) is 0 Å². The fourth-order valence-electron chi connectivity index (χ4n) is 2.51. The molecule has 0 saturated heterocycles. The van der Waals surface area contributed by atoms with Gasteiger partial charge in [0.15, 0.2) is 0 Å². The first-order valence-electron chi connectivity index (χ1n) is 6.05. The molecule has 102 valence electrons. The Balaban J connectivity index is 2.27. The lowest BCUT2D eigenvalue weighted by atomic mass is 9.85. The fourth-order valence-corrected chi connectivity index (χ4v) is 2.51. The first-order valence-corrected chi connectivity index (χ1v) is 6.05. The molecule has 3 rings (SSSR count). The zero-order chi connectivity index (χ0) is 14.5. The minimum atomic E-state index is -1.54. The Morgan fingerprint density at radius 2 is 1.85 bits per heavy atom. The predicted octanol–water partition coefficient (Wildman–Crippen LogP) is 0.454. The number of benzene rings is 1. The molecule has 0 aromatic heterocycles. The van der Waals surface area contributed by atoms with Gasteiger partial charge >= 0.3 is 5.97 Å². The lowest BCUT2D eigenvalue weighted by molar-refractivity contribution is -0.169. The van der Waals surface area contributed by atoms with Crippen molar-refractivity contribution in [1.82, 2.24) is 10.0 Å². The summed E-state index contributed by atoms with van der Waals surface area (Å²) in [6.45, 7) is 0. The van der Waals surface area contributed by atoms with Gasteiger partial charge in [-0.05, 0) is 12.1 Å². The third kappa shape index (κ3) is 1.45. The molecule has 2 aliphatic rings. The summed E-state index contributed by atoms with van der Waals surface area (Å²) in [6.07, 6.45) is 2.61. The van der Waals surface area contributed by atoms with Crippen molar-refractivity contribution in [2.24, 2.45) is 0 Å². The molecule has 2 heterocycles. The summed E-state index contributed by atoms with van der Waals surface area (Å²) in [5.74, 6) is -1.62. The van der Waals surface area contributed by atoms with Gasteiger partial charge in [0, 0.05) is 31.3 Å². The number of imide groups is 1. The molecule has 2 aliphatic heterocycles. The van der Waals surface area contributed by atoms with Crippen molar-refractivity contribution in [3.05, 3.63) is 47.5 Å². The number of amides is 2. The van der Waals surface area contributed by atoms with E-state index in [1.807, 2.05) is 0 Å². The van der Waals surface area contributed by atoms with E-state index in [1.54, 1.807) is 38.4 Å². The summed E-state index contributed by atoms with van der Waals surface area (Å²) in [5, 5.41) is 2.35. The number of hydrazine groups is 1. The van der Waals surface area contributed by atoms with Crippen LogP contribution in [0.25, 0.3) is 0 Å². The van der Waals surface area contributed by atoms with E-state index in [-0.39, 0.29) is 0 Å². The number of carbonyl (C=O) groups is 3. The standard InChI is InChI=1S/C14H12N2O4/c1-15(2)16-12(18)9-5-3-4-6-10(9)14(13(16)19)8-7-11(17)20-14/h3-8H,1-2H3. The molecular weight excluding hydrogens is 260 g/mol. The van der Waals surface area contributed by atoms with Crippen LogP contribution in [-0.4, -0.2) is 41.9 Å². The molecule has 0 aliphatic carbocycles. The molecule has 6 heteroatoms. The van der Waals surface area contributed by atoms with Crippen molar-refractivity contribution in [1.29, 1.82) is 0 Å². The monoisotopic (exact) mass is 272 g/mol. The zero-order valence-corrected chi connectivity index (χ0v) is 11.0. The fraction of sp³-hybridized carbons (Fsp3) is 0.214. The Kier molecular flexibility index (Phi) is 2.52. The van der Waals surface area contributed by atoms with Crippen LogP contribution >= 0.6 is 0 Å². The normalized spacial score (nSPS) is 24.6. The van der Waals surface area contributed by atoms with Gasteiger partial charge < -0.3 is 4.74 Å². The average Bonchev–Trinajstić information content (AvgIpc) is 2.80. The Labute approximate surface area is 115 Å². The second-order valence-corrected chi connectivity index (χ2v) is 4.80. The van der Waals surface area contributed by atoms with Crippen molar-refractivity contribution in [3.8, 4) is 0 Å². The second-order valence-electron chi connectivity index (χ2n) is 4.80. The highest BCUT2D eigenvalue weighted by atomic mass is 16.6. The number of hydrogen-bond acceptors (Lipinski definition) is 5. The Morgan fingerprint density at radius 3 is 2.45 bits per heavy atom. The molecule has 20 heavy (non-hydrogen) atoms. The lowest BCUT2D eigenvalue weighted by Gasteiger charge is -2.39. The quantitative estimate of drug-likeness (QED) is 0.548. The molecule has 1 aromatic carbocycles. The molecule has 6 nitrogen and oxygen atoms in total. The van der Waals surface area contributed by atoms with Crippen LogP contribution in [0.15, 0.2) is 36.4 Å². The Bertz CT molecular complexity index is 665. The molecule has 0 saturated carbocycles. The van der Waals surface area contributed by atoms with E-state index < -0.39 is 23.4 Å². The van der Waals surface area contributed by atoms with Crippen molar-refractivity contribution in [3.63, 3.8) is 0 Å². The van der Waals surface area contributed by atoms with Gasteiger partial charge in [0.2, 0.25) is 5.60 Å². The van der Waals surface area contributed by atoms with Crippen LogP contribution in [0.2, 0.25) is 0 Å². The Morgan fingerprint density at radius 1 is 1.15 bits per heavy atom. The van der Waals surface area contributed by atoms with Gasteiger partial charge in [-0.3, -0.25) is 9.59 Å². The Hall–Kier alpha value is -2.47. The summed E-state index contributed by atoms with van der Waals surface area (Å²) in [4.78, 5) is 36.5. The van der Waals surface area contributed by atoms with Gasteiger partial charge in [0.1, 0.15) is 0 Å². The van der Waals surface area contributed by atoms with Gasteiger partial charge in [0.25, 0.3) is 11.8 Å². The molecule has 1 aromatic rings. The van der Waals surface area contributed by atoms with E-state index in [1.165, 1.54) is 17.2 Å². The highest BCUT2D eigenvalue weighted by Gasteiger charge is 2.55. The topological polar surface area (TPSA) is 66.9 Å². The second kappa shape index (κ2) is 4.01. The van der Waals surface area contributed by atoms with E-state index in [0.717, 1.165) is 5.01 Å². The number of nitrogens with zero attached hydrogens (tertiary/aromatic N) is 2. The van der Waals surface area contributed by atoms with Crippen LogP contribution in [-0.2, 0) is 19.9 Å². The maximum Gasteiger partial charge on any atom is 0.332 e. The molecule has 0 bridgehead atoms. The first-order chi connectivity index (χ1) is 9.47. The molecule has 0 radical (unpaired) electrons. The van der Waals surface area contributed by atoms with Crippen LogP contribution in [0.4, 0.5) is 0 Å². The minimum absolute atomic E-state index is 0.347. The lowest BCUT2D eigenvalue weighted by Crippen LogP contribution is -2.58. The summed E-state index contributed by atoms with van der Waals surface area (Å²) in [5.41, 5.74) is -0.790.